The van der Waals surface area contributed by atoms with Gasteiger partial charge in [0, 0.05) is 61.1 Å². The van der Waals surface area contributed by atoms with E-state index in [0.717, 1.165) is 100 Å². The lowest BCUT2D eigenvalue weighted by Crippen LogP contribution is -2.31. The standard InChI is InChI=1S/C31H36N6/c1-20-14-26(15-21(2)30(20)32)24-6-8-28(34-18-24)36-10-5-11-37(13-12-36)29-9-7-25(19-35-29)27-16-22(3)31(33)23(4)17-27/h6-9,14-19H,5,10-13,32-33H2,1-4H3. The van der Waals surface area contributed by atoms with E-state index < -0.39 is 0 Å². The first-order valence-electron chi connectivity index (χ1n) is 13.0. The van der Waals surface area contributed by atoms with E-state index in [-0.39, 0.29) is 0 Å². The molecule has 4 N–H and O–H groups in total. The van der Waals surface area contributed by atoms with E-state index in [1.165, 1.54) is 0 Å². The van der Waals surface area contributed by atoms with Crippen molar-refractivity contribution in [3.05, 3.63) is 83.2 Å². The van der Waals surface area contributed by atoms with Crippen molar-refractivity contribution in [2.24, 2.45) is 0 Å². The molecule has 5 rings (SSSR count). The molecule has 1 saturated heterocycles. The summed E-state index contributed by atoms with van der Waals surface area (Å²) in [6.45, 7) is 12.0. The number of aromatic nitrogens is 2. The number of hydrogen-bond donors (Lipinski definition) is 2. The van der Waals surface area contributed by atoms with Gasteiger partial charge < -0.3 is 21.3 Å². The van der Waals surface area contributed by atoms with Crippen LogP contribution in [0.3, 0.4) is 0 Å². The van der Waals surface area contributed by atoms with Crippen LogP contribution in [-0.2, 0) is 0 Å². The molecule has 2 aromatic carbocycles. The Morgan fingerprint density at radius 2 is 0.919 bits per heavy atom. The number of nitrogens with two attached hydrogens (primary N) is 2. The van der Waals surface area contributed by atoms with E-state index in [1.807, 2.05) is 12.4 Å². The van der Waals surface area contributed by atoms with Gasteiger partial charge in [0.25, 0.3) is 0 Å². The Bertz CT molecular complexity index is 1250. The van der Waals surface area contributed by atoms with Crippen LogP contribution in [-0.4, -0.2) is 36.1 Å². The summed E-state index contributed by atoms with van der Waals surface area (Å²) in [6.07, 6.45) is 5.01. The van der Waals surface area contributed by atoms with Crippen LogP contribution in [0.4, 0.5) is 23.0 Å². The predicted molar refractivity (Wildman–Crippen MR) is 156 cm³/mol. The Morgan fingerprint density at radius 3 is 1.24 bits per heavy atom. The highest BCUT2D eigenvalue weighted by Gasteiger charge is 2.18. The molecule has 4 aromatic rings. The van der Waals surface area contributed by atoms with E-state index in [0.29, 0.717) is 0 Å². The lowest BCUT2D eigenvalue weighted by atomic mass is 10.0. The smallest absolute Gasteiger partial charge is 0.128 e. The zero-order valence-electron chi connectivity index (χ0n) is 22.3. The van der Waals surface area contributed by atoms with Gasteiger partial charge in [0.2, 0.25) is 0 Å². The van der Waals surface area contributed by atoms with E-state index in [9.17, 15) is 0 Å². The van der Waals surface area contributed by atoms with Gasteiger partial charge in [-0.2, -0.15) is 0 Å². The summed E-state index contributed by atoms with van der Waals surface area (Å²) >= 11 is 0. The van der Waals surface area contributed by atoms with Crippen molar-refractivity contribution in [3.63, 3.8) is 0 Å². The molecule has 6 heteroatoms. The Labute approximate surface area is 220 Å². The molecule has 190 valence electrons. The third-order valence-corrected chi connectivity index (χ3v) is 7.49. The highest BCUT2D eigenvalue weighted by Crippen LogP contribution is 2.29. The quantitative estimate of drug-likeness (QED) is 0.344. The van der Waals surface area contributed by atoms with Gasteiger partial charge in [-0.15, -0.1) is 0 Å². The number of hydrogen-bond acceptors (Lipinski definition) is 6. The SMILES string of the molecule is Cc1cc(-c2ccc(N3CCCN(c4ccc(-c5cc(C)c(N)c(C)c5)cn4)CC3)nc2)cc(C)c1N. The molecule has 1 fully saturated rings. The Morgan fingerprint density at radius 1 is 0.541 bits per heavy atom. The molecule has 1 aliphatic rings. The minimum absolute atomic E-state index is 0.863. The fourth-order valence-corrected chi connectivity index (χ4v) is 5.15. The largest absolute Gasteiger partial charge is 0.398 e. The topological polar surface area (TPSA) is 84.3 Å². The fraction of sp³-hybridized carbons (Fsp3) is 0.290. The first kappa shape index (κ1) is 24.6. The lowest BCUT2D eigenvalue weighted by molar-refractivity contribution is 0.794. The summed E-state index contributed by atoms with van der Waals surface area (Å²) in [5.41, 5.74) is 22.9. The summed E-state index contributed by atoms with van der Waals surface area (Å²) in [4.78, 5) is 14.4. The number of pyridine rings is 2. The van der Waals surface area contributed by atoms with Crippen LogP contribution < -0.4 is 21.3 Å². The van der Waals surface area contributed by atoms with Crippen LogP contribution in [0.5, 0.6) is 0 Å². The third-order valence-electron chi connectivity index (χ3n) is 7.49. The van der Waals surface area contributed by atoms with Gasteiger partial charge in [-0.05, 0) is 116 Å². The van der Waals surface area contributed by atoms with Crippen LogP contribution in [0.15, 0.2) is 60.9 Å². The molecule has 0 unspecified atom stereocenters. The highest BCUT2D eigenvalue weighted by molar-refractivity contribution is 5.71. The monoisotopic (exact) mass is 492 g/mol. The number of benzene rings is 2. The van der Waals surface area contributed by atoms with Crippen molar-refractivity contribution in [2.75, 3.05) is 47.4 Å². The molecule has 0 atom stereocenters. The van der Waals surface area contributed by atoms with E-state index in [1.54, 1.807) is 0 Å². The lowest BCUT2D eigenvalue weighted by Gasteiger charge is -2.23. The molecule has 0 amide bonds. The molecule has 0 spiro atoms. The Balaban J connectivity index is 1.26. The second kappa shape index (κ2) is 10.1. The van der Waals surface area contributed by atoms with Gasteiger partial charge in [0.05, 0.1) is 0 Å². The molecule has 0 bridgehead atoms. The van der Waals surface area contributed by atoms with Gasteiger partial charge in [-0.1, -0.05) is 0 Å². The number of nitrogens with zero attached hydrogens (tertiary/aromatic N) is 4. The molecule has 6 nitrogen and oxygen atoms in total. The van der Waals surface area contributed by atoms with Gasteiger partial charge in [0.1, 0.15) is 11.6 Å². The predicted octanol–water partition coefficient (Wildman–Crippen LogP) is 5.93. The molecule has 1 aliphatic heterocycles. The number of rotatable bonds is 4. The summed E-state index contributed by atoms with van der Waals surface area (Å²) in [6, 6.07) is 17.1. The zero-order chi connectivity index (χ0) is 26.1. The van der Waals surface area contributed by atoms with Crippen LogP contribution in [0.2, 0.25) is 0 Å². The van der Waals surface area contributed by atoms with Crippen molar-refractivity contribution >= 4 is 23.0 Å². The maximum absolute atomic E-state index is 6.13. The van der Waals surface area contributed by atoms with Gasteiger partial charge >= 0.3 is 0 Å². The van der Waals surface area contributed by atoms with E-state index in [4.69, 9.17) is 21.4 Å². The summed E-state index contributed by atoms with van der Waals surface area (Å²) in [7, 11) is 0. The van der Waals surface area contributed by atoms with Gasteiger partial charge in [-0.3, -0.25) is 0 Å². The van der Waals surface area contributed by atoms with Gasteiger partial charge in [-0.25, -0.2) is 9.97 Å². The number of aryl methyl sites for hydroxylation is 4. The van der Waals surface area contributed by atoms with Crippen LogP contribution in [0.25, 0.3) is 22.3 Å². The molecule has 37 heavy (non-hydrogen) atoms. The molecule has 3 heterocycles. The maximum Gasteiger partial charge on any atom is 0.128 e. The first-order valence-corrected chi connectivity index (χ1v) is 13.0. The average Bonchev–Trinajstić information content (AvgIpc) is 3.16. The molecule has 2 aromatic heterocycles. The third kappa shape index (κ3) is 5.10. The molecule has 0 radical (unpaired) electrons. The van der Waals surface area contributed by atoms with Crippen LogP contribution in [0, 0.1) is 27.7 Å². The number of nitrogen functional groups attached to an aromatic ring is 2. The maximum atomic E-state index is 6.13. The van der Waals surface area contributed by atoms with Crippen LogP contribution in [0.1, 0.15) is 28.7 Å². The fourth-order valence-electron chi connectivity index (χ4n) is 5.15. The average molecular weight is 493 g/mol. The molecule has 0 aliphatic carbocycles. The van der Waals surface area contributed by atoms with Crippen molar-refractivity contribution in [1.29, 1.82) is 0 Å². The minimum Gasteiger partial charge on any atom is -0.398 e. The second-order valence-electron chi connectivity index (χ2n) is 10.2. The second-order valence-corrected chi connectivity index (χ2v) is 10.2. The van der Waals surface area contributed by atoms with Crippen molar-refractivity contribution in [1.82, 2.24) is 9.97 Å². The Kier molecular flexibility index (Phi) is 6.74. The number of anilines is 4. The highest BCUT2D eigenvalue weighted by atomic mass is 15.3. The van der Waals surface area contributed by atoms with Crippen LogP contribution >= 0.6 is 0 Å². The van der Waals surface area contributed by atoms with E-state index >= 15 is 0 Å². The zero-order valence-corrected chi connectivity index (χ0v) is 22.3. The van der Waals surface area contributed by atoms with Gasteiger partial charge in [0.15, 0.2) is 0 Å². The summed E-state index contributed by atoms with van der Waals surface area (Å²) in [5.74, 6) is 2.04. The summed E-state index contributed by atoms with van der Waals surface area (Å²) in [5, 5.41) is 0. The first-order chi connectivity index (χ1) is 17.8. The Hall–Kier alpha value is -4.06. The van der Waals surface area contributed by atoms with Crippen molar-refractivity contribution in [2.45, 2.75) is 34.1 Å². The molecular weight excluding hydrogens is 456 g/mol. The molecule has 0 saturated carbocycles. The summed E-state index contributed by atoms with van der Waals surface area (Å²) < 4.78 is 0. The minimum atomic E-state index is 0.863. The van der Waals surface area contributed by atoms with E-state index in [2.05, 4.69) is 86.0 Å². The normalized spacial score (nSPS) is 14.1. The van der Waals surface area contributed by atoms with Crippen molar-refractivity contribution in [3.8, 4) is 22.3 Å². The molecular formula is C31H36N6. The van der Waals surface area contributed by atoms with Crippen molar-refractivity contribution < 1.29 is 0 Å².